The van der Waals surface area contributed by atoms with Gasteiger partial charge in [0.1, 0.15) is 18.2 Å². The molecule has 0 spiro atoms. The summed E-state index contributed by atoms with van der Waals surface area (Å²) in [5.41, 5.74) is 2.25. The summed E-state index contributed by atoms with van der Waals surface area (Å²) in [5.74, 6) is 0.650. The average molecular weight is 474 g/mol. The summed E-state index contributed by atoms with van der Waals surface area (Å²) in [6, 6.07) is 12.9. The van der Waals surface area contributed by atoms with Gasteiger partial charge in [0.15, 0.2) is 11.5 Å². The van der Waals surface area contributed by atoms with Gasteiger partial charge in [-0.1, -0.05) is 30.9 Å². The van der Waals surface area contributed by atoms with Crippen molar-refractivity contribution in [1.29, 1.82) is 5.26 Å². The number of aryl methyl sites for hydroxylation is 1. The standard InChI is InChI=1S/C21H19IN2O3/c1-4-9-27-20-17(22)11-15(12-19(20)26-3)10-16(13-23)21(25)24-18-8-6-5-7-14(18)2/h4-8,10-12H,1,9H2,2-3H3,(H,24,25)/b16-10-. The maximum absolute atomic E-state index is 12.5. The molecule has 0 unspecified atom stereocenters. The molecule has 0 heterocycles. The Hall–Kier alpha value is -2.79. The van der Waals surface area contributed by atoms with Crippen LogP contribution in [0.3, 0.4) is 0 Å². The highest BCUT2D eigenvalue weighted by Crippen LogP contribution is 2.34. The lowest BCUT2D eigenvalue weighted by molar-refractivity contribution is -0.112. The predicted octanol–water partition coefficient (Wildman–Crippen LogP) is 4.72. The van der Waals surface area contributed by atoms with E-state index in [2.05, 4.69) is 34.5 Å². The molecule has 27 heavy (non-hydrogen) atoms. The van der Waals surface area contributed by atoms with E-state index in [1.165, 1.54) is 13.2 Å². The van der Waals surface area contributed by atoms with Crippen molar-refractivity contribution in [1.82, 2.24) is 0 Å². The molecule has 0 saturated carbocycles. The first-order chi connectivity index (χ1) is 13.0. The van der Waals surface area contributed by atoms with Crippen LogP contribution in [0.15, 0.2) is 54.6 Å². The lowest BCUT2D eigenvalue weighted by Crippen LogP contribution is -2.14. The van der Waals surface area contributed by atoms with Crippen LogP contribution in [0.1, 0.15) is 11.1 Å². The second-order valence-corrected chi connectivity index (χ2v) is 6.73. The number of para-hydroxylation sites is 1. The molecule has 0 aliphatic rings. The molecule has 6 heteroatoms. The molecule has 0 aliphatic heterocycles. The molecule has 2 aromatic carbocycles. The number of carbonyl (C=O) groups is 1. The van der Waals surface area contributed by atoms with Gasteiger partial charge in [-0.3, -0.25) is 4.79 Å². The highest BCUT2D eigenvalue weighted by molar-refractivity contribution is 14.1. The number of amides is 1. The Kier molecular flexibility index (Phi) is 7.44. The normalized spacial score (nSPS) is 10.7. The van der Waals surface area contributed by atoms with Crippen molar-refractivity contribution in [2.75, 3.05) is 19.0 Å². The van der Waals surface area contributed by atoms with Gasteiger partial charge in [-0.15, -0.1) is 0 Å². The molecule has 1 N–H and O–H groups in total. The topological polar surface area (TPSA) is 71.3 Å². The Morgan fingerprint density at radius 3 is 2.74 bits per heavy atom. The Balaban J connectivity index is 2.33. The van der Waals surface area contributed by atoms with Gasteiger partial charge in [0, 0.05) is 5.69 Å². The fourth-order valence-electron chi connectivity index (χ4n) is 2.32. The smallest absolute Gasteiger partial charge is 0.266 e. The van der Waals surface area contributed by atoms with Crippen LogP contribution in [0.2, 0.25) is 0 Å². The van der Waals surface area contributed by atoms with Gasteiger partial charge in [0.05, 0.1) is 10.7 Å². The van der Waals surface area contributed by atoms with E-state index in [1.807, 2.05) is 37.3 Å². The second kappa shape index (κ2) is 9.78. The van der Waals surface area contributed by atoms with E-state index in [1.54, 1.807) is 18.2 Å². The second-order valence-electron chi connectivity index (χ2n) is 5.57. The molecule has 0 radical (unpaired) electrons. The van der Waals surface area contributed by atoms with Crippen LogP contribution >= 0.6 is 22.6 Å². The zero-order valence-corrected chi connectivity index (χ0v) is 17.2. The largest absolute Gasteiger partial charge is 0.493 e. The van der Waals surface area contributed by atoms with Gasteiger partial charge in [0.2, 0.25) is 0 Å². The van der Waals surface area contributed by atoms with E-state index in [4.69, 9.17) is 9.47 Å². The van der Waals surface area contributed by atoms with Crippen LogP contribution in [0.4, 0.5) is 5.69 Å². The first-order valence-corrected chi connectivity index (χ1v) is 9.18. The number of carbonyl (C=O) groups excluding carboxylic acids is 1. The molecular formula is C21H19IN2O3. The van der Waals surface area contributed by atoms with Gasteiger partial charge in [-0.2, -0.15) is 5.26 Å². The van der Waals surface area contributed by atoms with Crippen molar-refractivity contribution < 1.29 is 14.3 Å². The van der Waals surface area contributed by atoms with Crippen LogP contribution in [-0.2, 0) is 4.79 Å². The van der Waals surface area contributed by atoms with E-state index >= 15 is 0 Å². The van der Waals surface area contributed by atoms with Gasteiger partial charge in [0.25, 0.3) is 5.91 Å². The quantitative estimate of drug-likeness (QED) is 0.273. The average Bonchev–Trinajstić information content (AvgIpc) is 2.66. The zero-order valence-electron chi connectivity index (χ0n) is 15.1. The third-order valence-electron chi connectivity index (χ3n) is 3.67. The Bertz CT molecular complexity index is 930. The number of ether oxygens (including phenoxy) is 2. The summed E-state index contributed by atoms with van der Waals surface area (Å²) in [6.45, 7) is 5.87. The zero-order chi connectivity index (χ0) is 19.8. The molecule has 2 rings (SSSR count). The number of hydrogen-bond donors (Lipinski definition) is 1. The molecule has 0 fully saturated rings. The Morgan fingerprint density at radius 2 is 2.11 bits per heavy atom. The molecule has 0 saturated heterocycles. The van der Waals surface area contributed by atoms with E-state index in [0.717, 1.165) is 9.13 Å². The van der Waals surface area contributed by atoms with E-state index < -0.39 is 5.91 Å². The summed E-state index contributed by atoms with van der Waals surface area (Å²) < 4.78 is 11.8. The molecule has 2 aromatic rings. The number of hydrogen-bond acceptors (Lipinski definition) is 4. The van der Waals surface area contributed by atoms with Crippen LogP contribution in [-0.4, -0.2) is 19.6 Å². The number of halogens is 1. The van der Waals surface area contributed by atoms with E-state index in [-0.39, 0.29) is 5.57 Å². The number of rotatable bonds is 7. The highest BCUT2D eigenvalue weighted by atomic mass is 127. The molecule has 5 nitrogen and oxygen atoms in total. The molecule has 0 atom stereocenters. The maximum Gasteiger partial charge on any atom is 0.266 e. The minimum atomic E-state index is -0.465. The van der Waals surface area contributed by atoms with E-state index in [9.17, 15) is 10.1 Å². The monoisotopic (exact) mass is 474 g/mol. The summed E-state index contributed by atoms with van der Waals surface area (Å²) in [5, 5.41) is 12.2. The summed E-state index contributed by atoms with van der Waals surface area (Å²) in [4.78, 5) is 12.5. The lowest BCUT2D eigenvalue weighted by atomic mass is 10.1. The van der Waals surface area contributed by atoms with Crippen molar-refractivity contribution in [2.24, 2.45) is 0 Å². The number of nitrogens with zero attached hydrogens (tertiary/aromatic N) is 1. The third kappa shape index (κ3) is 5.34. The minimum Gasteiger partial charge on any atom is -0.493 e. The van der Waals surface area contributed by atoms with Gasteiger partial charge in [-0.25, -0.2) is 0 Å². The van der Waals surface area contributed by atoms with Gasteiger partial charge in [-0.05, 0) is 64.9 Å². The van der Waals surface area contributed by atoms with Crippen LogP contribution < -0.4 is 14.8 Å². The van der Waals surface area contributed by atoms with Crippen molar-refractivity contribution in [3.05, 3.63) is 69.3 Å². The molecule has 0 aliphatic carbocycles. The highest BCUT2D eigenvalue weighted by Gasteiger charge is 2.14. The van der Waals surface area contributed by atoms with Crippen molar-refractivity contribution >= 4 is 40.3 Å². The van der Waals surface area contributed by atoms with Crippen molar-refractivity contribution in [3.8, 4) is 17.6 Å². The maximum atomic E-state index is 12.5. The molecule has 1 amide bonds. The SMILES string of the molecule is C=CCOc1c(I)cc(/C=C(/C#N)C(=O)Nc2ccccc2C)cc1OC. The Morgan fingerprint density at radius 1 is 1.37 bits per heavy atom. The van der Waals surface area contributed by atoms with Crippen LogP contribution in [0.5, 0.6) is 11.5 Å². The first kappa shape index (κ1) is 20.5. The summed E-state index contributed by atoms with van der Waals surface area (Å²) in [6.07, 6.45) is 3.17. The Labute approximate surface area is 172 Å². The van der Waals surface area contributed by atoms with Crippen LogP contribution in [0.25, 0.3) is 6.08 Å². The molecule has 0 aromatic heterocycles. The fourth-order valence-corrected chi connectivity index (χ4v) is 3.10. The van der Waals surface area contributed by atoms with Gasteiger partial charge < -0.3 is 14.8 Å². The van der Waals surface area contributed by atoms with Gasteiger partial charge >= 0.3 is 0 Å². The minimum absolute atomic E-state index is 0.00383. The third-order valence-corrected chi connectivity index (χ3v) is 4.47. The number of nitriles is 1. The van der Waals surface area contributed by atoms with Crippen molar-refractivity contribution in [3.63, 3.8) is 0 Å². The van der Waals surface area contributed by atoms with Crippen molar-refractivity contribution in [2.45, 2.75) is 6.92 Å². The molecule has 0 bridgehead atoms. The number of anilines is 1. The summed E-state index contributed by atoms with van der Waals surface area (Å²) in [7, 11) is 1.54. The summed E-state index contributed by atoms with van der Waals surface area (Å²) >= 11 is 2.12. The number of nitrogens with one attached hydrogen (secondary N) is 1. The fraction of sp³-hybridized carbons (Fsp3) is 0.143. The number of benzene rings is 2. The predicted molar refractivity (Wildman–Crippen MR) is 115 cm³/mol. The number of methoxy groups -OCH3 is 1. The van der Waals surface area contributed by atoms with Crippen LogP contribution in [0, 0.1) is 21.8 Å². The lowest BCUT2D eigenvalue weighted by Gasteiger charge is -2.12. The molecule has 138 valence electrons. The molecular weight excluding hydrogens is 455 g/mol. The first-order valence-electron chi connectivity index (χ1n) is 8.10. The van der Waals surface area contributed by atoms with E-state index in [0.29, 0.717) is 29.4 Å².